The first-order valence-electron chi connectivity index (χ1n) is 6.58. The summed E-state index contributed by atoms with van der Waals surface area (Å²) in [4.78, 5) is 0. The molecule has 0 nitrogen and oxygen atoms in total. The van der Waals surface area contributed by atoms with Crippen LogP contribution in [-0.4, -0.2) is 69.6 Å². The fraction of sp³-hybridized carbons (Fsp3) is 0.846. The highest BCUT2D eigenvalue weighted by molar-refractivity contribution is 6.08. The SMILES string of the molecule is [B]CC(F)C(F)C(F)C(F)C(F)C(F)C(F)C(F)C(F)C(F)C#C. The molecule has 0 aliphatic carbocycles. The second-order valence-electron chi connectivity index (χ2n) is 4.88. The third-order valence-corrected chi connectivity index (χ3v) is 3.14. The average Bonchev–Trinajstić information content (AvgIpc) is 2.61. The van der Waals surface area contributed by atoms with Gasteiger partial charge < -0.3 is 0 Å². The van der Waals surface area contributed by atoms with Crippen LogP contribution in [0.2, 0.25) is 6.32 Å². The number of halogens is 10. The summed E-state index contributed by atoms with van der Waals surface area (Å²) in [5.74, 6) is 1.04. The Labute approximate surface area is 133 Å². The largest absolute Gasteiger partial charge is 0.245 e. The lowest BCUT2D eigenvalue weighted by molar-refractivity contribution is -0.0568. The van der Waals surface area contributed by atoms with E-state index in [2.05, 4.69) is 14.3 Å². The summed E-state index contributed by atoms with van der Waals surface area (Å²) in [6, 6.07) is 0. The van der Waals surface area contributed by atoms with Gasteiger partial charge in [-0.3, -0.25) is 0 Å². The highest BCUT2D eigenvalue weighted by atomic mass is 19.2. The van der Waals surface area contributed by atoms with Crippen molar-refractivity contribution in [2.75, 3.05) is 0 Å². The van der Waals surface area contributed by atoms with E-state index in [1.807, 2.05) is 0 Å². The normalized spacial score (nSPS) is 24.5. The van der Waals surface area contributed by atoms with E-state index in [0.29, 0.717) is 0 Å². The van der Waals surface area contributed by atoms with E-state index in [4.69, 9.17) is 0 Å². The molecule has 2 radical (unpaired) electrons. The second kappa shape index (κ2) is 10.0. The van der Waals surface area contributed by atoms with Gasteiger partial charge in [0.05, 0.1) is 7.85 Å². The van der Waals surface area contributed by atoms with E-state index >= 15 is 0 Å². The zero-order chi connectivity index (χ0) is 19.2. The van der Waals surface area contributed by atoms with Gasteiger partial charge in [-0.2, -0.15) is 0 Å². The summed E-state index contributed by atoms with van der Waals surface area (Å²) in [5, 5.41) is 0. The Morgan fingerprint density at radius 2 is 0.875 bits per heavy atom. The zero-order valence-electron chi connectivity index (χ0n) is 11.9. The van der Waals surface area contributed by atoms with Gasteiger partial charge in [0.15, 0.2) is 55.5 Å². The molecule has 0 aliphatic rings. The monoisotopic (exact) mass is 370 g/mol. The number of hydrogen-bond acceptors (Lipinski definition) is 0. The van der Waals surface area contributed by atoms with Crippen molar-refractivity contribution in [3.8, 4) is 12.3 Å². The van der Waals surface area contributed by atoms with Gasteiger partial charge in [-0.25, -0.2) is 43.9 Å². The molecule has 0 rings (SSSR count). The fourth-order valence-electron chi connectivity index (χ4n) is 1.64. The summed E-state index contributed by atoms with van der Waals surface area (Å²) in [7, 11) is 4.63. The molecule has 138 valence electrons. The van der Waals surface area contributed by atoms with E-state index in [1.165, 1.54) is 0 Å². The molecule has 0 spiro atoms. The Balaban J connectivity index is 4.96. The van der Waals surface area contributed by atoms with Crippen molar-refractivity contribution in [3.63, 3.8) is 0 Å². The standard InChI is InChI=1S/C13H13BF10/c1-2-4(15)6(17)8(19)10(21)12(23)13(24)11(22)9(20)7(18)5(16)3-14/h1,4-13H,3H2. The molecule has 0 saturated heterocycles. The van der Waals surface area contributed by atoms with E-state index in [0.717, 1.165) is 5.92 Å². The quantitative estimate of drug-likeness (QED) is 0.313. The van der Waals surface area contributed by atoms with Crippen molar-refractivity contribution < 1.29 is 43.9 Å². The highest BCUT2D eigenvalue weighted by Gasteiger charge is 2.49. The molecule has 11 heteroatoms. The van der Waals surface area contributed by atoms with Gasteiger partial charge in [0, 0.05) is 0 Å². The van der Waals surface area contributed by atoms with Gasteiger partial charge in [-0.15, -0.1) is 6.42 Å². The van der Waals surface area contributed by atoms with Gasteiger partial charge in [-0.05, 0) is 0 Å². The van der Waals surface area contributed by atoms with E-state index < -0.39 is 68.0 Å². The third kappa shape index (κ3) is 5.48. The van der Waals surface area contributed by atoms with Gasteiger partial charge in [0.25, 0.3) is 0 Å². The van der Waals surface area contributed by atoms with Gasteiger partial charge >= 0.3 is 0 Å². The molecule has 0 fully saturated rings. The van der Waals surface area contributed by atoms with E-state index in [1.54, 1.807) is 0 Å². The minimum atomic E-state index is -3.82. The Morgan fingerprint density at radius 1 is 0.583 bits per heavy atom. The molecular weight excluding hydrogens is 357 g/mol. The number of terminal acetylenes is 1. The summed E-state index contributed by atoms with van der Waals surface area (Å²) in [5.41, 5.74) is 0. The lowest BCUT2D eigenvalue weighted by atomic mass is 9.92. The lowest BCUT2D eigenvalue weighted by Gasteiger charge is -2.27. The van der Waals surface area contributed by atoms with Crippen LogP contribution < -0.4 is 0 Å². The van der Waals surface area contributed by atoms with Crippen LogP contribution in [0, 0.1) is 12.3 Å². The van der Waals surface area contributed by atoms with Gasteiger partial charge in [0.1, 0.15) is 6.17 Å². The molecule has 0 aromatic rings. The molecule has 0 aliphatic heterocycles. The van der Waals surface area contributed by atoms with Gasteiger partial charge in [-0.1, -0.05) is 12.2 Å². The molecule has 0 aromatic heterocycles. The minimum Gasteiger partial charge on any atom is -0.245 e. The molecule has 0 bridgehead atoms. The smallest absolute Gasteiger partial charge is 0.194 e. The molecule has 0 saturated carbocycles. The third-order valence-electron chi connectivity index (χ3n) is 3.14. The average molecular weight is 370 g/mol. The van der Waals surface area contributed by atoms with Crippen molar-refractivity contribution in [2.24, 2.45) is 0 Å². The van der Waals surface area contributed by atoms with E-state index in [-0.39, 0.29) is 0 Å². The Bertz CT molecular complexity index is 405. The molecule has 0 amide bonds. The van der Waals surface area contributed by atoms with Crippen LogP contribution in [-0.2, 0) is 0 Å². The number of rotatable bonds is 10. The van der Waals surface area contributed by atoms with Crippen molar-refractivity contribution in [1.29, 1.82) is 0 Å². The van der Waals surface area contributed by atoms with Crippen molar-refractivity contribution >= 4 is 7.85 Å². The topological polar surface area (TPSA) is 0 Å². The zero-order valence-corrected chi connectivity index (χ0v) is 11.9. The first-order valence-corrected chi connectivity index (χ1v) is 6.58. The molecule has 0 heterocycles. The maximum Gasteiger partial charge on any atom is 0.194 e. The Kier molecular flexibility index (Phi) is 9.59. The van der Waals surface area contributed by atoms with Crippen molar-refractivity contribution in [1.82, 2.24) is 0 Å². The summed E-state index contributed by atoms with van der Waals surface area (Å²) >= 11 is 0. The predicted molar refractivity (Wildman–Crippen MR) is 68.4 cm³/mol. The number of alkyl halides is 10. The van der Waals surface area contributed by atoms with Crippen LogP contribution in [0.15, 0.2) is 0 Å². The molecule has 24 heavy (non-hydrogen) atoms. The van der Waals surface area contributed by atoms with Crippen LogP contribution >= 0.6 is 0 Å². The molecule has 0 N–H and O–H groups in total. The molecule has 10 unspecified atom stereocenters. The minimum absolute atomic E-state index is 1.04. The van der Waals surface area contributed by atoms with Crippen LogP contribution in [0.1, 0.15) is 0 Å². The highest BCUT2D eigenvalue weighted by Crippen LogP contribution is 2.29. The summed E-state index contributed by atoms with van der Waals surface area (Å²) < 4.78 is 131. The van der Waals surface area contributed by atoms with Crippen molar-refractivity contribution in [3.05, 3.63) is 0 Å². The summed E-state index contributed by atoms with van der Waals surface area (Å²) in [6.07, 6.45) is -31.5. The van der Waals surface area contributed by atoms with Crippen LogP contribution in [0.3, 0.4) is 0 Å². The first kappa shape index (κ1) is 22.9. The lowest BCUT2D eigenvalue weighted by Crippen LogP contribution is -2.48. The molecule has 10 atom stereocenters. The second-order valence-corrected chi connectivity index (χ2v) is 4.88. The van der Waals surface area contributed by atoms with Crippen molar-refractivity contribution in [2.45, 2.75) is 68.0 Å². The Hall–Kier alpha value is -1.08. The maximum atomic E-state index is 13.4. The summed E-state index contributed by atoms with van der Waals surface area (Å²) in [6.45, 7) is 0. The first-order chi connectivity index (χ1) is 11.0. The van der Waals surface area contributed by atoms with E-state index in [9.17, 15) is 43.9 Å². The van der Waals surface area contributed by atoms with Gasteiger partial charge in [0.2, 0.25) is 0 Å². The molecular formula is C13H13BF10. The molecule has 0 aromatic carbocycles. The van der Waals surface area contributed by atoms with Crippen LogP contribution in [0.5, 0.6) is 0 Å². The number of hydrogen-bond donors (Lipinski definition) is 0. The van der Waals surface area contributed by atoms with Crippen LogP contribution in [0.25, 0.3) is 0 Å². The predicted octanol–water partition coefficient (Wildman–Crippen LogP) is 3.59. The van der Waals surface area contributed by atoms with Crippen LogP contribution in [0.4, 0.5) is 43.9 Å². The fourth-order valence-corrected chi connectivity index (χ4v) is 1.64. The maximum absolute atomic E-state index is 13.4. The Morgan fingerprint density at radius 3 is 1.17 bits per heavy atom.